The molecule has 6 heteroatoms. The molecule has 4 nitrogen and oxygen atoms in total. The molecule has 0 spiro atoms. The summed E-state index contributed by atoms with van der Waals surface area (Å²) in [6.07, 6.45) is 9.21. The van der Waals surface area contributed by atoms with Gasteiger partial charge in [0.15, 0.2) is 0 Å². The van der Waals surface area contributed by atoms with Crippen molar-refractivity contribution in [2.24, 2.45) is 0 Å². The molecule has 124 valence electrons. The minimum absolute atomic E-state index is 0.448. The maximum Gasteiger partial charge on any atom is 0.144 e. The van der Waals surface area contributed by atoms with Gasteiger partial charge in [0.2, 0.25) is 0 Å². The maximum atomic E-state index is 6.28. The molecule has 0 bridgehead atoms. The summed E-state index contributed by atoms with van der Waals surface area (Å²) >= 11 is 12.2. The third-order valence-electron chi connectivity index (χ3n) is 3.12. The normalized spacial score (nSPS) is 11.7. The first-order valence-corrected chi connectivity index (χ1v) is 8.31. The SMILES string of the molecule is CCCCOCCO/C(=C/n1ccnc1)c1ccc(Cl)cc1Cl. The Morgan fingerprint density at radius 2 is 2.13 bits per heavy atom. The molecular weight excluding hydrogens is 335 g/mol. The van der Waals surface area contributed by atoms with Gasteiger partial charge in [0.1, 0.15) is 12.4 Å². The summed E-state index contributed by atoms with van der Waals surface area (Å²) in [6, 6.07) is 5.32. The predicted octanol–water partition coefficient (Wildman–Crippen LogP) is 4.98. The van der Waals surface area contributed by atoms with Gasteiger partial charge in [-0.1, -0.05) is 36.5 Å². The largest absolute Gasteiger partial charge is 0.489 e. The number of imidazole rings is 1. The lowest BCUT2D eigenvalue weighted by Gasteiger charge is -2.13. The first kappa shape index (κ1) is 17.9. The van der Waals surface area contributed by atoms with E-state index in [0.717, 1.165) is 25.0 Å². The average Bonchev–Trinajstić information content (AvgIpc) is 3.03. The molecular formula is C17H20Cl2N2O2. The van der Waals surface area contributed by atoms with Crippen molar-refractivity contribution in [2.75, 3.05) is 19.8 Å². The van der Waals surface area contributed by atoms with Crippen molar-refractivity contribution in [3.8, 4) is 0 Å². The third kappa shape index (κ3) is 5.90. The summed E-state index contributed by atoms with van der Waals surface area (Å²) in [6.45, 7) is 3.87. The van der Waals surface area contributed by atoms with Crippen LogP contribution in [0, 0.1) is 0 Å². The van der Waals surface area contributed by atoms with Crippen LogP contribution in [0.15, 0.2) is 36.9 Å². The highest BCUT2D eigenvalue weighted by Crippen LogP contribution is 2.28. The molecule has 1 aromatic carbocycles. The fraction of sp³-hybridized carbons (Fsp3) is 0.353. The number of aromatic nitrogens is 2. The van der Waals surface area contributed by atoms with Crippen LogP contribution in [0.2, 0.25) is 10.0 Å². The molecule has 0 aliphatic rings. The van der Waals surface area contributed by atoms with Gasteiger partial charge < -0.3 is 14.0 Å². The second-order valence-electron chi connectivity index (χ2n) is 4.94. The van der Waals surface area contributed by atoms with Crippen molar-refractivity contribution < 1.29 is 9.47 Å². The quantitative estimate of drug-likeness (QED) is 0.470. The monoisotopic (exact) mass is 354 g/mol. The number of unbranched alkanes of at least 4 members (excludes halogenated alkanes) is 1. The van der Waals surface area contributed by atoms with Gasteiger partial charge in [-0.15, -0.1) is 0 Å². The summed E-state index contributed by atoms with van der Waals surface area (Å²) in [5.41, 5.74) is 0.776. The summed E-state index contributed by atoms with van der Waals surface area (Å²) in [7, 11) is 0. The zero-order chi connectivity index (χ0) is 16.5. The van der Waals surface area contributed by atoms with Crippen molar-refractivity contribution in [2.45, 2.75) is 19.8 Å². The molecule has 23 heavy (non-hydrogen) atoms. The Labute approximate surface area is 146 Å². The van der Waals surface area contributed by atoms with Gasteiger partial charge in [0.05, 0.1) is 24.2 Å². The summed E-state index contributed by atoms with van der Waals surface area (Å²) in [5, 5.41) is 1.12. The average molecular weight is 355 g/mol. The van der Waals surface area contributed by atoms with Gasteiger partial charge in [-0.25, -0.2) is 4.98 Å². The van der Waals surface area contributed by atoms with Crippen molar-refractivity contribution in [1.29, 1.82) is 0 Å². The minimum atomic E-state index is 0.448. The van der Waals surface area contributed by atoms with Crippen LogP contribution < -0.4 is 0 Å². The highest BCUT2D eigenvalue weighted by molar-refractivity contribution is 6.35. The van der Waals surface area contributed by atoms with Crippen LogP contribution in [0.3, 0.4) is 0 Å². The van der Waals surface area contributed by atoms with E-state index >= 15 is 0 Å². The fourth-order valence-corrected chi connectivity index (χ4v) is 2.42. The molecule has 0 N–H and O–H groups in total. The van der Waals surface area contributed by atoms with Crippen LogP contribution >= 0.6 is 23.2 Å². The first-order valence-electron chi connectivity index (χ1n) is 7.56. The molecule has 2 aromatic rings. The molecule has 0 amide bonds. The van der Waals surface area contributed by atoms with Crippen LogP contribution in [0.5, 0.6) is 0 Å². The van der Waals surface area contributed by atoms with Crippen molar-refractivity contribution in [3.63, 3.8) is 0 Å². The van der Waals surface area contributed by atoms with Gasteiger partial charge in [-0.2, -0.15) is 0 Å². The van der Waals surface area contributed by atoms with Crippen molar-refractivity contribution >= 4 is 35.2 Å². The fourth-order valence-electron chi connectivity index (χ4n) is 1.91. The van der Waals surface area contributed by atoms with Crippen LogP contribution in [0.25, 0.3) is 12.0 Å². The molecule has 0 atom stereocenters. The summed E-state index contributed by atoms with van der Waals surface area (Å²) in [4.78, 5) is 4.02. The lowest BCUT2D eigenvalue weighted by atomic mass is 10.2. The van der Waals surface area contributed by atoms with E-state index in [1.54, 1.807) is 29.2 Å². The standard InChI is InChI=1S/C17H20Cl2N2O2/c1-2-3-8-22-9-10-23-17(12-21-7-6-20-13-21)15-5-4-14(18)11-16(15)19/h4-7,11-13H,2-3,8-10H2,1H3/b17-12+. The summed E-state index contributed by atoms with van der Waals surface area (Å²) in [5.74, 6) is 0.642. The molecule has 0 saturated heterocycles. The maximum absolute atomic E-state index is 6.28. The van der Waals surface area contributed by atoms with Gasteiger partial charge in [0, 0.05) is 29.6 Å². The van der Waals surface area contributed by atoms with Crippen molar-refractivity contribution in [3.05, 3.63) is 52.5 Å². The van der Waals surface area contributed by atoms with E-state index in [1.165, 1.54) is 0 Å². The molecule has 0 aliphatic heterocycles. The van der Waals surface area contributed by atoms with E-state index in [0.29, 0.717) is 29.0 Å². The number of rotatable bonds is 9. The van der Waals surface area contributed by atoms with Crippen LogP contribution in [-0.2, 0) is 9.47 Å². The number of benzene rings is 1. The minimum Gasteiger partial charge on any atom is -0.489 e. The Morgan fingerprint density at radius 1 is 1.26 bits per heavy atom. The Kier molecular flexibility index (Phi) is 7.46. The topological polar surface area (TPSA) is 36.3 Å². The number of hydrogen-bond acceptors (Lipinski definition) is 3. The number of ether oxygens (including phenoxy) is 2. The van der Waals surface area contributed by atoms with Crippen LogP contribution in [0.4, 0.5) is 0 Å². The Morgan fingerprint density at radius 3 is 2.83 bits per heavy atom. The van der Waals surface area contributed by atoms with Crippen LogP contribution in [0.1, 0.15) is 25.3 Å². The molecule has 1 heterocycles. The summed E-state index contributed by atoms with van der Waals surface area (Å²) < 4.78 is 13.2. The highest BCUT2D eigenvalue weighted by Gasteiger charge is 2.09. The van der Waals surface area contributed by atoms with E-state index in [-0.39, 0.29) is 0 Å². The van der Waals surface area contributed by atoms with E-state index in [9.17, 15) is 0 Å². The molecule has 1 aromatic heterocycles. The molecule has 0 saturated carbocycles. The molecule has 0 aliphatic carbocycles. The number of halogens is 2. The lowest BCUT2D eigenvalue weighted by molar-refractivity contribution is 0.0896. The van der Waals surface area contributed by atoms with Gasteiger partial charge in [-0.05, 0) is 24.6 Å². The van der Waals surface area contributed by atoms with E-state index in [1.807, 2.05) is 18.5 Å². The van der Waals surface area contributed by atoms with Gasteiger partial charge >= 0.3 is 0 Å². The molecule has 0 radical (unpaired) electrons. The zero-order valence-electron chi connectivity index (χ0n) is 13.0. The Bertz CT molecular complexity index is 628. The molecule has 0 unspecified atom stereocenters. The predicted molar refractivity (Wildman–Crippen MR) is 94.5 cm³/mol. The second kappa shape index (κ2) is 9.60. The first-order chi connectivity index (χ1) is 11.2. The molecule has 0 fully saturated rings. The Balaban J connectivity index is 2.07. The second-order valence-corrected chi connectivity index (χ2v) is 5.79. The van der Waals surface area contributed by atoms with Gasteiger partial charge in [0.25, 0.3) is 0 Å². The smallest absolute Gasteiger partial charge is 0.144 e. The van der Waals surface area contributed by atoms with E-state index in [4.69, 9.17) is 32.7 Å². The number of hydrogen-bond donors (Lipinski definition) is 0. The van der Waals surface area contributed by atoms with Gasteiger partial charge in [-0.3, -0.25) is 0 Å². The zero-order valence-corrected chi connectivity index (χ0v) is 14.6. The highest BCUT2D eigenvalue weighted by atomic mass is 35.5. The Hall–Kier alpha value is -1.49. The van der Waals surface area contributed by atoms with Crippen molar-refractivity contribution in [1.82, 2.24) is 9.55 Å². The third-order valence-corrected chi connectivity index (χ3v) is 3.66. The molecule has 2 rings (SSSR count). The number of nitrogens with zero attached hydrogens (tertiary/aromatic N) is 2. The van der Waals surface area contributed by atoms with Crippen LogP contribution in [-0.4, -0.2) is 29.4 Å². The van der Waals surface area contributed by atoms with E-state index < -0.39 is 0 Å². The lowest BCUT2D eigenvalue weighted by Crippen LogP contribution is -2.05. The van der Waals surface area contributed by atoms with E-state index in [2.05, 4.69) is 11.9 Å².